The first-order valence-corrected chi connectivity index (χ1v) is 9.18. The van der Waals surface area contributed by atoms with E-state index in [1.807, 2.05) is 6.92 Å². The second-order valence-corrected chi connectivity index (χ2v) is 6.72. The van der Waals surface area contributed by atoms with Crippen molar-refractivity contribution in [3.63, 3.8) is 0 Å². The lowest BCUT2D eigenvalue weighted by Gasteiger charge is -2.21. The Balaban J connectivity index is 1.80. The second-order valence-electron chi connectivity index (χ2n) is 6.72. The zero-order chi connectivity index (χ0) is 19.4. The third-order valence-corrected chi connectivity index (χ3v) is 4.85. The topological polar surface area (TPSA) is 78.6 Å². The van der Waals surface area contributed by atoms with Gasteiger partial charge in [-0.05, 0) is 56.1 Å². The van der Waals surface area contributed by atoms with E-state index in [0.717, 1.165) is 37.2 Å². The number of allylic oxidation sites excluding steroid dienone is 2. The van der Waals surface area contributed by atoms with Gasteiger partial charge < -0.3 is 10.2 Å². The predicted octanol–water partition coefficient (Wildman–Crippen LogP) is 3.68. The molecule has 0 atom stereocenters. The average Bonchev–Trinajstić information content (AvgIpc) is 2.96. The number of carboxylic acid groups (broad SMARTS) is 1. The van der Waals surface area contributed by atoms with Gasteiger partial charge in [0.15, 0.2) is 0 Å². The summed E-state index contributed by atoms with van der Waals surface area (Å²) in [6.07, 6.45) is 8.85. The van der Waals surface area contributed by atoms with Crippen molar-refractivity contribution < 1.29 is 15.0 Å². The number of hydrogen-bond donors (Lipinski definition) is 2. The Hall–Kier alpha value is -2.86. The number of rotatable bonds is 7. The highest BCUT2D eigenvalue weighted by molar-refractivity contribution is 5.87. The van der Waals surface area contributed by atoms with E-state index in [9.17, 15) is 9.90 Å². The summed E-state index contributed by atoms with van der Waals surface area (Å²) >= 11 is 0. The Morgan fingerprint density at radius 2 is 1.96 bits per heavy atom. The molecule has 0 fully saturated rings. The van der Waals surface area contributed by atoms with Crippen LogP contribution in [0.25, 0.3) is 5.69 Å². The largest absolute Gasteiger partial charge is 0.493 e. The first-order chi connectivity index (χ1) is 13.0. The zero-order valence-corrected chi connectivity index (χ0v) is 15.7. The number of benzene rings is 1. The van der Waals surface area contributed by atoms with E-state index in [2.05, 4.69) is 35.2 Å². The van der Waals surface area contributed by atoms with Gasteiger partial charge >= 0.3 is 5.97 Å². The highest BCUT2D eigenvalue weighted by Crippen LogP contribution is 2.25. The fourth-order valence-corrected chi connectivity index (χ4v) is 3.14. The normalized spacial score (nSPS) is 13.8. The van der Waals surface area contributed by atoms with Crippen LogP contribution in [0.15, 0.2) is 48.1 Å². The summed E-state index contributed by atoms with van der Waals surface area (Å²) in [5, 5.41) is 24.1. The monoisotopic (exact) mass is 367 g/mol. The number of likely N-dealkylation sites (N-methyl/N-ethyl adjacent to an activating group) is 1. The van der Waals surface area contributed by atoms with Gasteiger partial charge in [0.2, 0.25) is 5.88 Å². The summed E-state index contributed by atoms with van der Waals surface area (Å²) in [5.41, 5.74) is 3.70. The van der Waals surface area contributed by atoms with Crippen molar-refractivity contribution in [3.05, 3.63) is 64.9 Å². The average molecular weight is 367 g/mol. The summed E-state index contributed by atoms with van der Waals surface area (Å²) in [7, 11) is 0. The molecule has 0 bridgehead atoms. The first-order valence-electron chi connectivity index (χ1n) is 9.18. The molecular weight excluding hydrogens is 342 g/mol. The van der Waals surface area contributed by atoms with Crippen LogP contribution >= 0.6 is 0 Å². The molecule has 0 amide bonds. The lowest BCUT2D eigenvalue weighted by atomic mass is 10.1. The molecule has 2 aromatic rings. The van der Waals surface area contributed by atoms with E-state index in [-0.39, 0.29) is 11.4 Å². The molecule has 1 aliphatic rings. The van der Waals surface area contributed by atoms with E-state index < -0.39 is 5.97 Å². The third-order valence-electron chi connectivity index (χ3n) is 4.85. The van der Waals surface area contributed by atoms with Crippen molar-refractivity contribution in [3.8, 4) is 11.6 Å². The Kier molecular flexibility index (Phi) is 5.76. The van der Waals surface area contributed by atoms with E-state index in [0.29, 0.717) is 12.2 Å². The Labute approximate surface area is 159 Å². The molecule has 1 aromatic carbocycles. The maximum Gasteiger partial charge on any atom is 0.335 e. The van der Waals surface area contributed by atoms with Crippen LogP contribution in [-0.4, -0.2) is 44.0 Å². The molecular formula is C21H25N3O3. The van der Waals surface area contributed by atoms with Crippen molar-refractivity contribution in [2.45, 2.75) is 33.2 Å². The number of hydrogen-bond acceptors (Lipinski definition) is 4. The first kappa shape index (κ1) is 18.9. The van der Waals surface area contributed by atoms with Crippen LogP contribution in [0.5, 0.6) is 5.88 Å². The summed E-state index contributed by atoms with van der Waals surface area (Å²) in [4.78, 5) is 13.3. The SMILES string of the molecule is CCN(CC1=CCCC=C1)Cc1nn(-c2ccc(C(=O)O)cc2)c(O)c1C. The minimum absolute atomic E-state index is 0.0842. The van der Waals surface area contributed by atoms with Gasteiger partial charge in [-0.15, -0.1) is 0 Å². The third kappa shape index (κ3) is 4.28. The number of aromatic carboxylic acids is 1. The van der Waals surface area contributed by atoms with Crippen LogP contribution in [0.2, 0.25) is 0 Å². The van der Waals surface area contributed by atoms with Gasteiger partial charge in [-0.2, -0.15) is 5.10 Å². The summed E-state index contributed by atoms with van der Waals surface area (Å²) < 4.78 is 1.46. The van der Waals surface area contributed by atoms with Crippen molar-refractivity contribution in [2.24, 2.45) is 0 Å². The molecule has 2 N–H and O–H groups in total. The van der Waals surface area contributed by atoms with Gasteiger partial charge in [0.25, 0.3) is 0 Å². The summed E-state index contributed by atoms with van der Waals surface area (Å²) in [6, 6.07) is 6.31. The van der Waals surface area contributed by atoms with Crippen molar-refractivity contribution in [1.82, 2.24) is 14.7 Å². The van der Waals surface area contributed by atoms with Gasteiger partial charge in [0, 0.05) is 18.7 Å². The quantitative estimate of drug-likeness (QED) is 0.780. The molecule has 142 valence electrons. The van der Waals surface area contributed by atoms with E-state index in [1.54, 1.807) is 12.1 Å². The van der Waals surface area contributed by atoms with Crippen LogP contribution in [0.1, 0.15) is 41.4 Å². The number of carbonyl (C=O) groups is 1. The highest BCUT2D eigenvalue weighted by Gasteiger charge is 2.18. The lowest BCUT2D eigenvalue weighted by molar-refractivity contribution is 0.0697. The smallest absolute Gasteiger partial charge is 0.335 e. The molecule has 0 aliphatic heterocycles. The number of nitrogens with zero attached hydrogens (tertiary/aromatic N) is 3. The van der Waals surface area contributed by atoms with Gasteiger partial charge in [-0.3, -0.25) is 4.90 Å². The molecule has 6 heteroatoms. The molecule has 0 radical (unpaired) electrons. The van der Waals surface area contributed by atoms with Crippen LogP contribution in [0.3, 0.4) is 0 Å². The fraction of sp³-hybridized carbons (Fsp3) is 0.333. The number of carboxylic acids is 1. The van der Waals surface area contributed by atoms with Crippen molar-refractivity contribution >= 4 is 5.97 Å². The Morgan fingerprint density at radius 1 is 1.22 bits per heavy atom. The molecule has 3 rings (SSSR count). The fourth-order valence-electron chi connectivity index (χ4n) is 3.14. The maximum atomic E-state index is 11.0. The summed E-state index contributed by atoms with van der Waals surface area (Å²) in [5.74, 6) is -0.895. The minimum Gasteiger partial charge on any atom is -0.493 e. The Bertz CT molecular complexity index is 879. The summed E-state index contributed by atoms with van der Waals surface area (Å²) in [6.45, 7) is 6.34. The molecule has 27 heavy (non-hydrogen) atoms. The zero-order valence-electron chi connectivity index (χ0n) is 15.7. The molecule has 1 aliphatic carbocycles. The van der Waals surface area contributed by atoms with Crippen LogP contribution in [-0.2, 0) is 6.54 Å². The van der Waals surface area contributed by atoms with Crippen molar-refractivity contribution in [1.29, 1.82) is 0 Å². The molecule has 0 unspecified atom stereocenters. The maximum absolute atomic E-state index is 11.0. The second kappa shape index (κ2) is 8.22. The highest BCUT2D eigenvalue weighted by atomic mass is 16.4. The van der Waals surface area contributed by atoms with Crippen LogP contribution < -0.4 is 0 Å². The lowest BCUT2D eigenvalue weighted by Crippen LogP contribution is -2.25. The van der Waals surface area contributed by atoms with E-state index in [1.165, 1.54) is 22.4 Å². The molecule has 0 saturated heterocycles. The predicted molar refractivity (Wildman–Crippen MR) is 104 cm³/mol. The van der Waals surface area contributed by atoms with Gasteiger partial charge in [-0.1, -0.05) is 25.2 Å². The standard InChI is InChI=1S/C21H25N3O3/c1-3-23(13-16-7-5-4-6-8-16)14-19-15(2)20(25)24(22-19)18-11-9-17(10-12-18)21(26)27/h5,7-12,25H,3-4,6,13-14H2,1-2H3,(H,26,27). The molecule has 1 heterocycles. The van der Waals surface area contributed by atoms with E-state index >= 15 is 0 Å². The number of aromatic nitrogens is 2. The number of aromatic hydroxyl groups is 1. The minimum atomic E-state index is -0.979. The Morgan fingerprint density at radius 3 is 2.56 bits per heavy atom. The molecule has 6 nitrogen and oxygen atoms in total. The van der Waals surface area contributed by atoms with Gasteiger partial charge in [0.05, 0.1) is 16.9 Å². The van der Waals surface area contributed by atoms with Crippen LogP contribution in [0.4, 0.5) is 0 Å². The van der Waals surface area contributed by atoms with E-state index in [4.69, 9.17) is 5.11 Å². The molecule has 1 aromatic heterocycles. The van der Waals surface area contributed by atoms with Gasteiger partial charge in [0.1, 0.15) is 0 Å². The van der Waals surface area contributed by atoms with Gasteiger partial charge in [-0.25, -0.2) is 9.48 Å². The molecule has 0 spiro atoms. The van der Waals surface area contributed by atoms with Crippen LogP contribution in [0, 0.1) is 6.92 Å². The molecule has 0 saturated carbocycles. The van der Waals surface area contributed by atoms with Crippen molar-refractivity contribution in [2.75, 3.05) is 13.1 Å².